The van der Waals surface area contributed by atoms with Gasteiger partial charge in [-0.15, -0.1) is 0 Å². The van der Waals surface area contributed by atoms with Gasteiger partial charge in [-0.1, -0.05) is 13.8 Å². The second kappa shape index (κ2) is 11.2. The highest BCUT2D eigenvalue weighted by atomic mass is 16.5. The molecule has 1 atom stereocenters. The lowest BCUT2D eigenvalue weighted by Crippen LogP contribution is -2.43. The first kappa shape index (κ1) is 22.4. The summed E-state index contributed by atoms with van der Waals surface area (Å²) in [5.74, 6) is 0.409. The van der Waals surface area contributed by atoms with Crippen molar-refractivity contribution in [2.24, 2.45) is 5.92 Å². The fraction of sp³-hybridized carbons (Fsp3) is 0.579. The van der Waals surface area contributed by atoms with E-state index in [0.717, 1.165) is 0 Å². The van der Waals surface area contributed by atoms with Crippen LogP contribution in [0.25, 0.3) is 0 Å². The van der Waals surface area contributed by atoms with Gasteiger partial charge in [0.15, 0.2) is 11.5 Å². The first-order chi connectivity index (χ1) is 12.8. The van der Waals surface area contributed by atoms with E-state index in [1.54, 1.807) is 12.1 Å². The molecule has 0 aliphatic heterocycles. The van der Waals surface area contributed by atoms with Crippen LogP contribution in [-0.2, 0) is 4.79 Å². The van der Waals surface area contributed by atoms with Crippen LogP contribution in [0.1, 0.15) is 41.0 Å². The van der Waals surface area contributed by atoms with Crippen molar-refractivity contribution >= 4 is 17.7 Å². The van der Waals surface area contributed by atoms with Gasteiger partial charge in [0.1, 0.15) is 6.04 Å². The fourth-order valence-electron chi connectivity index (χ4n) is 2.48. The highest BCUT2D eigenvalue weighted by molar-refractivity contribution is 5.93. The van der Waals surface area contributed by atoms with Gasteiger partial charge in [-0.05, 0) is 33.1 Å². The lowest BCUT2D eigenvalue weighted by Gasteiger charge is -2.19. The second-order valence-corrected chi connectivity index (χ2v) is 6.22. The number of urea groups is 1. The molecule has 0 aromatic heterocycles. The quantitative estimate of drug-likeness (QED) is 0.541. The van der Waals surface area contributed by atoms with Crippen LogP contribution in [-0.4, -0.2) is 43.0 Å². The summed E-state index contributed by atoms with van der Waals surface area (Å²) in [6.45, 7) is 10.6. The van der Waals surface area contributed by atoms with E-state index >= 15 is 0 Å². The number of amides is 2. The van der Waals surface area contributed by atoms with Crippen LogP contribution in [0.2, 0.25) is 0 Å². The molecule has 0 bridgehead atoms. The third-order valence-electron chi connectivity index (χ3n) is 3.48. The molecule has 3 N–H and O–H groups in total. The molecule has 1 aromatic carbocycles. The largest absolute Gasteiger partial charge is 0.490 e. The van der Waals surface area contributed by atoms with Crippen LogP contribution in [0.3, 0.4) is 0 Å². The number of nitrogens with one attached hydrogen (secondary N) is 2. The molecule has 0 aliphatic rings. The van der Waals surface area contributed by atoms with Crippen molar-refractivity contribution in [3.8, 4) is 17.2 Å². The van der Waals surface area contributed by atoms with Crippen LogP contribution < -0.4 is 24.8 Å². The molecule has 152 valence electrons. The van der Waals surface area contributed by atoms with E-state index in [1.165, 1.54) is 0 Å². The summed E-state index contributed by atoms with van der Waals surface area (Å²) in [7, 11) is 0. The molecule has 8 heteroatoms. The number of carbonyl (C=O) groups excluding carboxylic acids is 1. The third-order valence-corrected chi connectivity index (χ3v) is 3.48. The number of carbonyl (C=O) groups is 2. The van der Waals surface area contributed by atoms with Crippen molar-refractivity contribution in [3.63, 3.8) is 0 Å². The molecule has 1 aromatic rings. The minimum atomic E-state index is -1.07. The molecule has 0 saturated heterocycles. The van der Waals surface area contributed by atoms with Crippen molar-refractivity contribution in [1.29, 1.82) is 0 Å². The van der Waals surface area contributed by atoms with E-state index in [2.05, 4.69) is 10.6 Å². The first-order valence-electron chi connectivity index (χ1n) is 9.18. The van der Waals surface area contributed by atoms with Gasteiger partial charge in [-0.2, -0.15) is 0 Å². The van der Waals surface area contributed by atoms with Crippen molar-refractivity contribution < 1.29 is 28.9 Å². The Hall–Kier alpha value is -2.64. The number of anilines is 1. The zero-order valence-corrected chi connectivity index (χ0v) is 16.6. The van der Waals surface area contributed by atoms with Crippen LogP contribution in [0.15, 0.2) is 12.1 Å². The van der Waals surface area contributed by atoms with Gasteiger partial charge in [-0.3, -0.25) is 0 Å². The Morgan fingerprint density at radius 3 is 1.93 bits per heavy atom. The average molecular weight is 382 g/mol. The Morgan fingerprint density at radius 2 is 1.52 bits per heavy atom. The Bertz CT molecular complexity index is 606. The summed E-state index contributed by atoms with van der Waals surface area (Å²) in [6.07, 6.45) is 0.334. The number of aliphatic carboxylic acids is 1. The highest BCUT2D eigenvalue weighted by Crippen LogP contribution is 2.40. The van der Waals surface area contributed by atoms with E-state index in [9.17, 15) is 14.7 Å². The Labute approximate surface area is 160 Å². The summed E-state index contributed by atoms with van der Waals surface area (Å²) in [5, 5.41) is 14.4. The molecule has 0 aliphatic carbocycles. The molecule has 0 spiro atoms. The lowest BCUT2D eigenvalue weighted by molar-refractivity contribution is -0.139. The Kier molecular flexibility index (Phi) is 9.25. The molecular weight excluding hydrogens is 352 g/mol. The van der Waals surface area contributed by atoms with Crippen molar-refractivity contribution in [1.82, 2.24) is 5.32 Å². The van der Waals surface area contributed by atoms with Gasteiger partial charge in [0, 0.05) is 12.1 Å². The molecular formula is C19H30N2O6. The molecule has 2 amide bonds. The van der Waals surface area contributed by atoms with E-state index in [4.69, 9.17) is 14.2 Å². The van der Waals surface area contributed by atoms with Crippen molar-refractivity contribution in [2.75, 3.05) is 25.1 Å². The average Bonchev–Trinajstić information content (AvgIpc) is 2.57. The zero-order valence-electron chi connectivity index (χ0n) is 16.6. The molecule has 1 rings (SSSR count). The topological polar surface area (TPSA) is 106 Å². The van der Waals surface area contributed by atoms with Gasteiger partial charge in [-0.25, -0.2) is 9.59 Å². The predicted molar refractivity (Wildman–Crippen MR) is 103 cm³/mol. The van der Waals surface area contributed by atoms with Gasteiger partial charge in [0.25, 0.3) is 0 Å². The first-order valence-corrected chi connectivity index (χ1v) is 9.18. The van der Waals surface area contributed by atoms with E-state index in [-0.39, 0.29) is 5.92 Å². The predicted octanol–water partition coefficient (Wildman–Crippen LogP) is 3.50. The molecule has 0 heterocycles. The Morgan fingerprint density at radius 1 is 1.00 bits per heavy atom. The fourth-order valence-corrected chi connectivity index (χ4v) is 2.48. The van der Waals surface area contributed by atoms with Crippen LogP contribution in [0.4, 0.5) is 10.5 Å². The number of benzene rings is 1. The van der Waals surface area contributed by atoms with E-state index in [1.807, 2.05) is 34.6 Å². The van der Waals surface area contributed by atoms with E-state index < -0.39 is 18.0 Å². The van der Waals surface area contributed by atoms with Crippen LogP contribution in [0.5, 0.6) is 17.2 Å². The minimum absolute atomic E-state index is 0.131. The molecule has 0 fully saturated rings. The number of ether oxygens (including phenoxy) is 3. The number of hydrogen-bond acceptors (Lipinski definition) is 5. The maximum atomic E-state index is 12.3. The Balaban J connectivity index is 3.03. The maximum Gasteiger partial charge on any atom is 0.326 e. The molecule has 8 nitrogen and oxygen atoms in total. The number of carboxylic acid groups (broad SMARTS) is 1. The molecule has 1 unspecified atom stereocenters. The number of rotatable bonds is 11. The standard InChI is InChI=1S/C19H30N2O6/c1-6-25-15-10-13(11-16(26-7-2)17(15)27-8-3)20-19(24)21-14(18(22)23)9-12(4)5/h10-12,14H,6-9H2,1-5H3,(H,22,23)(H2,20,21,24). The highest BCUT2D eigenvalue weighted by Gasteiger charge is 2.22. The van der Waals surface area contributed by atoms with Crippen molar-refractivity contribution in [2.45, 2.75) is 47.1 Å². The summed E-state index contributed by atoms with van der Waals surface area (Å²) in [5.41, 5.74) is 0.413. The van der Waals surface area contributed by atoms with Gasteiger partial charge >= 0.3 is 12.0 Å². The SMILES string of the molecule is CCOc1cc(NC(=O)NC(CC(C)C)C(=O)O)cc(OCC)c1OCC. The maximum absolute atomic E-state index is 12.3. The third kappa shape index (κ3) is 7.24. The summed E-state index contributed by atoms with van der Waals surface area (Å²) < 4.78 is 16.8. The smallest absolute Gasteiger partial charge is 0.326 e. The van der Waals surface area contributed by atoms with Gasteiger partial charge < -0.3 is 30.0 Å². The monoisotopic (exact) mass is 382 g/mol. The normalized spacial score (nSPS) is 11.6. The van der Waals surface area contributed by atoms with E-state index in [0.29, 0.717) is 49.2 Å². The molecule has 0 radical (unpaired) electrons. The van der Waals surface area contributed by atoms with Crippen LogP contribution in [0, 0.1) is 5.92 Å². The zero-order chi connectivity index (χ0) is 20.4. The van der Waals surface area contributed by atoms with Gasteiger partial charge in [0.2, 0.25) is 5.75 Å². The molecule has 0 saturated carbocycles. The molecule has 27 heavy (non-hydrogen) atoms. The lowest BCUT2D eigenvalue weighted by atomic mass is 10.0. The summed E-state index contributed by atoms with van der Waals surface area (Å²) in [6, 6.07) is 1.66. The number of hydrogen-bond donors (Lipinski definition) is 3. The van der Waals surface area contributed by atoms with Gasteiger partial charge in [0.05, 0.1) is 25.5 Å². The minimum Gasteiger partial charge on any atom is -0.490 e. The van der Waals surface area contributed by atoms with Crippen molar-refractivity contribution in [3.05, 3.63) is 12.1 Å². The summed E-state index contributed by atoms with van der Waals surface area (Å²) >= 11 is 0. The summed E-state index contributed by atoms with van der Waals surface area (Å²) in [4.78, 5) is 23.6. The number of carboxylic acids is 1. The van der Waals surface area contributed by atoms with Crippen LogP contribution >= 0.6 is 0 Å². The second-order valence-electron chi connectivity index (χ2n) is 6.22.